The van der Waals surface area contributed by atoms with Crippen molar-refractivity contribution >= 4 is 26.6 Å². The third kappa shape index (κ3) is 5.47. The molecule has 174 valence electrons. The first kappa shape index (κ1) is 23.1. The van der Waals surface area contributed by atoms with E-state index in [9.17, 15) is 18.3 Å². The molecule has 0 saturated carbocycles. The normalized spacial score (nSPS) is 11.3. The average molecular weight is 479 g/mol. The SMILES string of the molecule is O=C(O)c1cc(OCCS(=O)(=O)c2ccc3cc(OCc4ccccc4)ccc3c2)ccc1O. The second-order valence-corrected chi connectivity index (χ2v) is 9.71. The predicted molar refractivity (Wildman–Crippen MR) is 127 cm³/mol. The molecule has 0 aromatic heterocycles. The van der Waals surface area contributed by atoms with Crippen molar-refractivity contribution in [2.75, 3.05) is 12.4 Å². The van der Waals surface area contributed by atoms with Gasteiger partial charge in [-0.1, -0.05) is 42.5 Å². The van der Waals surface area contributed by atoms with Gasteiger partial charge >= 0.3 is 5.97 Å². The molecule has 0 unspecified atom stereocenters. The van der Waals surface area contributed by atoms with Gasteiger partial charge in [0.05, 0.1) is 10.6 Å². The lowest BCUT2D eigenvalue weighted by molar-refractivity contribution is 0.0693. The summed E-state index contributed by atoms with van der Waals surface area (Å²) < 4.78 is 36.8. The van der Waals surface area contributed by atoms with Crippen molar-refractivity contribution in [3.63, 3.8) is 0 Å². The van der Waals surface area contributed by atoms with Gasteiger partial charge in [-0.25, -0.2) is 13.2 Å². The van der Waals surface area contributed by atoms with Crippen molar-refractivity contribution in [3.8, 4) is 17.2 Å². The zero-order chi connectivity index (χ0) is 24.1. The molecule has 0 radical (unpaired) electrons. The number of carboxylic acids is 1. The van der Waals surface area contributed by atoms with Crippen LogP contribution < -0.4 is 9.47 Å². The Morgan fingerprint density at radius 3 is 2.24 bits per heavy atom. The van der Waals surface area contributed by atoms with Gasteiger partial charge in [0, 0.05) is 0 Å². The van der Waals surface area contributed by atoms with E-state index in [0.29, 0.717) is 12.4 Å². The minimum absolute atomic E-state index is 0.159. The summed E-state index contributed by atoms with van der Waals surface area (Å²) >= 11 is 0. The highest BCUT2D eigenvalue weighted by Crippen LogP contribution is 2.26. The number of hydrogen-bond acceptors (Lipinski definition) is 6. The fourth-order valence-electron chi connectivity index (χ4n) is 3.39. The van der Waals surface area contributed by atoms with Gasteiger partial charge in [-0.2, -0.15) is 0 Å². The van der Waals surface area contributed by atoms with Crippen molar-refractivity contribution in [3.05, 3.63) is 96.1 Å². The van der Waals surface area contributed by atoms with Crippen LogP contribution in [0.5, 0.6) is 17.2 Å². The van der Waals surface area contributed by atoms with E-state index in [1.807, 2.05) is 42.5 Å². The van der Waals surface area contributed by atoms with E-state index < -0.39 is 21.6 Å². The first-order chi connectivity index (χ1) is 16.3. The van der Waals surface area contributed by atoms with Gasteiger partial charge in [-0.15, -0.1) is 0 Å². The lowest BCUT2D eigenvalue weighted by Crippen LogP contribution is -2.14. The Labute approximate surface area is 196 Å². The third-order valence-electron chi connectivity index (χ3n) is 5.21. The molecule has 0 amide bonds. The van der Waals surface area contributed by atoms with E-state index in [1.165, 1.54) is 12.1 Å². The minimum atomic E-state index is -3.63. The summed E-state index contributed by atoms with van der Waals surface area (Å²) in [5.74, 6) is -1.14. The van der Waals surface area contributed by atoms with Crippen LogP contribution in [0.4, 0.5) is 0 Å². The van der Waals surface area contributed by atoms with Crippen LogP contribution in [0.3, 0.4) is 0 Å². The van der Waals surface area contributed by atoms with E-state index in [2.05, 4.69) is 0 Å². The van der Waals surface area contributed by atoms with Crippen LogP contribution in [0, 0.1) is 0 Å². The Bertz CT molecular complexity index is 1430. The zero-order valence-electron chi connectivity index (χ0n) is 18.0. The van der Waals surface area contributed by atoms with Crippen molar-refractivity contribution in [1.82, 2.24) is 0 Å². The molecule has 0 fully saturated rings. The maximum atomic E-state index is 12.8. The molecule has 0 saturated heterocycles. The summed E-state index contributed by atoms with van der Waals surface area (Å²) in [6.45, 7) is 0.268. The fraction of sp³-hybridized carbons (Fsp3) is 0.115. The quantitative estimate of drug-likeness (QED) is 0.360. The van der Waals surface area contributed by atoms with E-state index in [-0.39, 0.29) is 28.6 Å². The number of phenols is 1. The summed E-state index contributed by atoms with van der Waals surface area (Å²) in [6.07, 6.45) is 0. The van der Waals surface area contributed by atoms with E-state index in [1.54, 1.807) is 24.3 Å². The Hall–Kier alpha value is -4.04. The number of hydrogen-bond donors (Lipinski definition) is 2. The average Bonchev–Trinajstić information content (AvgIpc) is 2.83. The largest absolute Gasteiger partial charge is 0.507 e. The predicted octanol–water partition coefficient (Wildman–Crippen LogP) is 4.68. The summed E-state index contributed by atoms with van der Waals surface area (Å²) in [6, 6.07) is 23.9. The molecule has 0 aliphatic rings. The fourth-order valence-corrected chi connectivity index (χ4v) is 4.51. The van der Waals surface area contributed by atoms with Crippen molar-refractivity contribution in [1.29, 1.82) is 0 Å². The lowest BCUT2D eigenvalue weighted by atomic mass is 10.1. The van der Waals surface area contributed by atoms with Gasteiger partial charge < -0.3 is 19.7 Å². The second-order valence-electron chi connectivity index (χ2n) is 7.60. The van der Waals surface area contributed by atoms with Gasteiger partial charge in [0.2, 0.25) is 0 Å². The van der Waals surface area contributed by atoms with Gasteiger partial charge in [0.1, 0.15) is 36.0 Å². The number of rotatable bonds is 9. The number of aromatic carboxylic acids is 1. The van der Waals surface area contributed by atoms with Crippen molar-refractivity contribution < 1.29 is 32.9 Å². The molecule has 4 aromatic carbocycles. The topological polar surface area (TPSA) is 110 Å². The Kier molecular flexibility index (Phi) is 6.70. The first-order valence-corrected chi connectivity index (χ1v) is 12.1. The standard InChI is InChI=1S/C26H22O7S/c27-25-11-9-22(16-24(25)26(28)29)32-12-13-34(30,31)23-10-7-19-14-21(8-6-20(19)15-23)33-17-18-4-2-1-3-5-18/h1-11,14-16,27H,12-13,17H2,(H,28,29). The number of ether oxygens (including phenoxy) is 2. The second kappa shape index (κ2) is 9.84. The minimum Gasteiger partial charge on any atom is -0.507 e. The molecule has 7 nitrogen and oxygen atoms in total. The van der Waals surface area contributed by atoms with Gasteiger partial charge in [0.15, 0.2) is 9.84 Å². The van der Waals surface area contributed by atoms with Crippen LogP contribution in [0.1, 0.15) is 15.9 Å². The molecule has 0 aliphatic carbocycles. The monoisotopic (exact) mass is 478 g/mol. The smallest absolute Gasteiger partial charge is 0.339 e. The number of benzene rings is 4. The highest BCUT2D eigenvalue weighted by Gasteiger charge is 2.16. The first-order valence-electron chi connectivity index (χ1n) is 10.4. The molecule has 0 spiro atoms. The molecule has 0 aliphatic heterocycles. The summed E-state index contributed by atoms with van der Waals surface area (Å²) in [5, 5.41) is 20.2. The van der Waals surface area contributed by atoms with Crippen LogP contribution in [0.25, 0.3) is 10.8 Å². The molecule has 2 N–H and O–H groups in total. The third-order valence-corrected chi connectivity index (χ3v) is 6.89. The van der Waals surface area contributed by atoms with Crippen LogP contribution in [-0.4, -0.2) is 37.0 Å². The van der Waals surface area contributed by atoms with Crippen molar-refractivity contribution in [2.24, 2.45) is 0 Å². The number of fused-ring (bicyclic) bond motifs is 1. The molecular weight excluding hydrogens is 456 g/mol. The number of carbonyl (C=O) groups is 1. The van der Waals surface area contributed by atoms with Crippen LogP contribution in [0.15, 0.2) is 89.8 Å². The summed E-state index contributed by atoms with van der Waals surface area (Å²) in [7, 11) is -3.63. The Morgan fingerprint density at radius 2 is 1.47 bits per heavy atom. The molecular formula is C26H22O7S. The summed E-state index contributed by atoms with van der Waals surface area (Å²) in [4.78, 5) is 11.3. The van der Waals surface area contributed by atoms with Crippen LogP contribution in [0.2, 0.25) is 0 Å². The van der Waals surface area contributed by atoms with Crippen LogP contribution >= 0.6 is 0 Å². The number of aromatic hydroxyl groups is 1. The molecule has 8 heteroatoms. The zero-order valence-corrected chi connectivity index (χ0v) is 18.9. The molecule has 0 heterocycles. The highest BCUT2D eigenvalue weighted by molar-refractivity contribution is 7.91. The van der Waals surface area contributed by atoms with Gasteiger partial charge in [-0.3, -0.25) is 0 Å². The lowest BCUT2D eigenvalue weighted by Gasteiger charge is -2.10. The van der Waals surface area contributed by atoms with Crippen molar-refractivity contribution in [2.45, 2.75) is 11.5 Å². The van der Waals surface area contributed by atoms with Gasteiger partial charge in [0.25, 0.3) is 0 Å². The van der Waals surface area contributed by atoms with E-state index in [4.69, 9.17) is 14.6 Å². The Balaban J connectivity index is 1.41. The van der Waals surface area contributed by atoms with E-state index >= 15 is 0 Å². The van der Waals surface area contributed by atoms with E-state index in [0.717, 1.165) is 22.4 Å². The molecule has 34 heavy (non-hydrogen) atoms. The maximum Gasteiger partial charge on any atom is 0.339 e. The molecule has 0 bridgehead atoms. The summed E-state index contributed by atoms with van der Waals surface area (Å²) in [5.41, 5.74) is 0.736. The maximum absolute atomic E-state index is 12.8. The molecule has 0 atom stereocenters. The molecule has 4 aromatic rings. The van der Waals surface area contributed by atoms with Gasteiger partial charge in [-0.05, 0) is 58.8 Å². The highest BCUT2D eigenvalue weighted by atomic mass is 32.2. The number of carboxylic acid groups (broad SMARTS) is 1. The number of sulfone groups is 1. The molecule has 4 rings (SSSR count). The van der Waals surface area contributed by atoms with Crippen LogP contribution in [-0.2, 0) is 16.4 Å². The Morgan fingerprint density at radius 1 is 0.794 bits per heavy atom.